The zero-order valence-corrected chi connectivity index (χ0v) is 20.2. The van der Waals surface area contributed by atoms with Crippen LogP contribution in [-0.2, 0) is 16.2 Å². The molecule has 0 radical (unpaired) electrons. The van der Waals surface area contributed by atoms with Crippen molar-refractivity contribution in [3.8, 4) is 11.3 Å². The van der Waals surface area contributed by atoms with Crippen LogP contribution in [0.15, 0.2) is 18.6 Å². The Bertz CT molecular complexity index is 1130. The quantitative estimate of drug-likeness (QED) is 0.624. The lowest BCUT2D eigenvalue weighted by Gasteiger charge is -2.42. The van der Waals surface area contributed by atoms with Crippen LogP contribution in [0.25, 0.3) is 11.3 Å². The highest BCUT2D eigenvalue weighted by Crippen LogP contribution is 2.40. The van der Waals surface area contributed by atoms with Crippen molar-refractivity contribution >= 4 is 16.0 Å². The fourth-order valence-corrected chi connectivity index (χ4v) is 5.79. The molecular formula is C21H30F3N7O2S. The van der Waals surface area contributed by atoms with E-state index in [1.807, 2.05) is 6.92 Å². The van der Waals surface area contributed by atoms with Crippen LogP contribution in [0.2, 0.25) is 0 Å². The summed E-state index contributed by atoms with van der Waals surface area (Å²) in [7, 11) is -3.34. The van der Waals surface area contributed by atoms with Gasteiger partial charge in [0.25, 0.3) is 0 Å². The van der Waals surface area contributed by atoms with Crippen LogP contribution in [0.1, 0.15) is 58.1 Å². The van der Waals surface area contributed by atoms with E-state index >= 15 is 0 Å². The van der Waals surface area contributed by atoms with Crippen LogP contribution in [0.5, 0.6) is 0 Å². The summed E-state index contributed by atoms with van der Waals surface area (Å²) in [5.74, 6) is 0.0686. The van der Waals surface area contributed by atoms with E-state index in [9.17, 15) is 21.6 Å². The van der Waals surface area contributed by atoms with Crippen molar-refractivity contribution in [2.24, 2.45) is 5.73 Å². The summed E-state index contributed by atoms with van der Waals surface area (Å²) in [4.78, 5) is 8.08. The summed E-state index contributed by atoms with van der Waals surface area (Å²) in [6.07, 6.45) is 1.50. The average Bonchev–Trinajstić information content (AvgIpc) is 3.21. The van der Waals surface area contributed by atoms with Crippen LogP contribution in [-0.4, -0.2) is 62.4 Å². The SMILES string of the molecule is CC(C)S(=O)(=O)N1CCC(Nc2ncc(C(F)(F)F)c(-c3cnn([C@H]4C[C@@](C)(N)C4)c3)n2)CC1. The third-order valence-corrected chi connectivity index (χ3v) is 8.77. The minimum atomic E-state index is -4.63. The van der Waals surface area contributed by atoms with Gasteiger partial charge in [-0.3, -0.25) is 4.68 Å². The van der Waals surface area contributed by atoms with Gasteiger partial charge in [0.05, 0.1) is 23.2 Å². The standard InChI is InChI=1S/C21H30F3N7O2S/c1-13(2)34(32,33)30-6-4-15(5-7-30)28-19-26-11-17(21(22,23)24)18(29-19)14-10-27-31(12-14)16-8-20(3,25)9-16/h10-13,15-16H,4-9,25H2,1-3H3,(H,26,28,29)/t16-,20+. The van der Waals surface area contributed by atoms with Crippen molar-refractivity contribution in [3.63, 3.8) is 0 Å². The molecule has 188 valence electrons. The van der Waals surface area contributed by atoms with Gasteiger partial charge in [0, 0.05) is 42.6 Å². The number of aromatic nitrogens is 4. The predicted molar refractivity (Wildman–Crippen MR) is 121 cm³/mol. The smallest absolute Gasteiger partial charge is 0.351 e. The van der Waals surface area contributed by atoms with E-state index in [4.69, 9.17) is 5.73 Å². The molecule has 0 bridgehead atoms. The number of halogens is 3. The first-order valence-corrected chi connectivity index (χ1v) is 12.8. The molecule has 34 heavy (non-hydrogen) atoms. The fraction of sp³-hybridized carbons (Fsp3) is 0.667. The molecular weight excluding hydrogens is 471 g/mol. The molecule has 9 nitrogen and oxygen atoms in total. The lowest BCUT2D eigenvalue weighted by molar-refractivity contribution is -0.137. The predicted octanol–water partition coefficient (Wildman–Crippen LogP) is 3.03. The summed E-state index contributed by atoms with van der Waals surface area (Å²) in [6, 6.07) is -0.104. The Labute approximate surface area is 197 Å². The number of nitrogens with one attached hydrogen (secondary N) is 1. The number of alkyl halides is 3. The third kappa shape index (κ3) is 5.05. The van der Waals surface area contributed by atoms with E-state index in [2.05, 4.69) is 20.4 Å². The van der Waals surface area contributed by atoms with Gasteiger partial charge in [-0.25, -0.2) is 22.7 Å². The molecule has 3 N–H and O–H groups in total. The van der Waals surface area contributed by atoms with Crippen LogP contribution >= 0.6 is 0 Å². The summed E-state index contributed by atoms with van der Waals surface area (Å²) in [5, 5.41) is 6.82. The van der Waals surface area contributed by atoms with Crippen molar-refractivity contribution in [1.82, 2.24) is 24.1 Å². The number of hydrogen-bond acceptors (Lipinski definition) is 7. The fourth-order valence-electron chi connectivity index (χ4n) is 4.48. The first-order valence-electron chi connectivity index (χ1n) is 11.3. The van der Waals surface area contributed by atoms with Gasteiger partial charge in [-0.2, -0.15) is 18.3 Å². The molecule has 2 aliphatic rings. The highest BCUT2D eigenvalue weighted by atomic mass is 32.2. The van der Waals surface area contributed by atoms with Crippen LogP contribution in [0, 0.1) is 0 Å². The number of sulfonamides is 1. The summed E-state index contributed by atoms with van der Waals surface area (Å²) < 4.78 is 68.9. The second-order valence-electron chi connectivity index (χ2n) is 9.79. The van der Waals surface area contributed by atoms with E-state index in [1.165, 1.54) is 10.5 Å². The molecule has 1 saturated carbocycles. The molecule has 0 spiro atoms. The Balaban J connectivity index is 1.52. The van der Waals surface area contributed by atoms with Gasteiger partial charge in [-0.15, -0.1) is 0 Å². The molecule has 13 heteroatoms. The number of anilines is 1. The first kappa shape index (κ1) is 24.9. The highest BCUT2D eigenvalue weighted by Gasteiger charge is 2.39. The number of nitrogens with two attached hydrogens (primary N) is 1. The zero-order chi connectivity index (χ0) is 24.9. The van der Waals surface area contributed by atoms with Gasteiger partial charge in [-0.05, 0) is 46.5 Å². The van der Waals surface area contributed by atoms with E-state index in [1.54, 1.807) is 24.7 Å². The third-order valence-electron chi connectivity index (χ3n) is 6.49. The molecule has 2 aromatic heterocycles. The molecule has 1 aliphatic carbocycles. The van der Waals surface area contributed by atoms with E-state index in [-0.39, 0.29) is 34.8 Å². The molecule has 0 amide bonds. The maximum atomic E-state index is 13.7. The van der Waals surface area contributed by atoms with Crippen molar-refractivity contribution in [3.05, 3.63) is 24.2 Å². The average molecular weight is 502 g/mol. The van der Waals surface area contributed by atoms with Crippen molar-refractivity contribution in [1.29, 1.82) is 0 Å². The summed E-state index contributed by atoms with van der Waals surface area (Å²) >= 11 is 0. The molecule has 0 unspecified atom stereocenters. The van der Waals surface area contributed by atoms with E-state index < -0.39 is 27.0 Å². The molecule has 0 atom stereocenters. The van der Waals surface area contributed by atoms with Crippen molar-refractivity contribution < 1.29 is 21.6 Å². The Morgan fingerprint density at radius 1 is 1.21 bits per heavy atom. The molecule has 4 rings (SSSR count). The molecule has 0 aromatic carbocycles. The first-order chi connectivity index (χ1) is 15.8. The molecule has 1 saturated heterocycles. The lowest BCUT2D eigenvalue weighted by Crippen LogP contribution is -2.49. The number of rotatable bonds is 6. The molecule has 3 heterocycles. The van der Waals surface area contributed by atoms with E-state index in [0.29, 0.717) is 38.8 Å². The van der Waals surface area contributed by atoms with Gasteiger partial charge in [-0.1, -0.05) is 0 Å². The topological polar surface area (TPSA) is 119 Å². The second-order valence-corrected chi connectivity index (χ2v) is 12.3. The lowest BCUT2D eigenvalue weighted by atomic mass is 9.75. The van der Waals surface area contributed by atoms with Crippen molar-refractivity contribution in [2.75, 3.05) is 18.4 Å². The Kier molecular flexibility index (Phi) is 6.40. The molecule has 2 fully saturated rings. The maximum Gasteiger partial charge on any atom is 0.419 e. The Hall–Kier alpha value is -2.25. The maximum absolute atomic E-state index is 13.7. The highest BCUT2D eigenvalue weighted by molar-refractivity contribution is 7.89. The molecule has 2 aromatic rings. The largest absolute Gasteiger partial charge is 0.419 e. The van der Waals surface area contributed by atoms with Gasteiger partial charge < -0.3 is 11.1 Å². The number of nitrogens with zero attached hydrogens (tertiary/aromatic N) is 5. The summed E-state index contributed by atoms with van der Waals surface area (Å²) in [6.45, 7) is 5.87. The second kappa shape index (κ2) is 8.76. The van der Waals surface area contributed by atoms with Crippen LogP contribution in [0.4, 0.5) is 19.1 Å². The zero-order valence-electron chi connectivity index (χ0n) is 19.4. The van der Waals surface area contributed by atoms with Gasteiger partial charge >= 0.3 is 6.18 Å². The minimum absolute atomic E-state index is 0.0461. The van der Waals surface area contributed by atoms with Crippen LogP contribution in [0.3, 0.4) is 0 Å². The Morgan fingerprint density at radius 2 is 1.85 bits per heavy atom. The minimum Gasteiger partial charge on any atom is -0.351 e. The van der Waals surface area contributed by atoms with E-state index in [0.717, 1.165) is 6.20 Å². The monoisotopic (exact) mass is 501 g/mol. The number of hydrogen-bond donors (Lipinski definition) is 2. The van der Waals surface area contributed by atoms with Crippen LogP contribution < -0.4 is 11.1 Å². The molecule has 1 aliphatic heterocycles. The van der Waals surface area contributed by atoms with Gasteiger partial charge in [0.15, 0.2) is 0 Å². The normalized spacial score (nSPS) is 24.9. The van der Waals surface area contributed by atoms with Gasteiger partial charge in [0.2, 0.25) is 16.0 Å². The Morgan fingerprint density at radius 3 is 2.41 bits per heavy atom. The number of piperidine rings is 1. The van der Waals surface area contributed by atoms with Gasteiger partial charge in [0.1, 0.15) is 5.56 Å². The van der Waals surface area contributed by atoms with Crippen molar-refractivity contribution in [2.45, 2.75) is 75.5 Å². The summed E-state index contributed by atoms with van der Waals surface area (Å²) in [5.41, 5.74) is 4.83.